The van der Waals surface area contributed by atoms with Gasteiger partial charge < -0.3 is 10.4 Å². The molecule has 1 saturated heterocycles. The maximum atomic E-state index is 13.6. The largest absolute Gasteiger partial charge is 0.505 e. The van der Waals surface area contributed by atoms with Gasteiger partial charge >= 0.3 is 0 Å². The third-order valence-corrected chi connectivity index (χ3v) is 4.04. The van der Waals surface area contributed by atoms with E-state index in [0.717, 1.165) is 38.2 Å². The summed E-state index contributed by atoms with van der Waals surface area (Å²) in [6.07, 6.45) is 1.05. The lowest BCUT2D eigenvalue weighted by Gasteiger charge is -2.38. The zero-order valence-electron chi connectivity index (χ0n) is 11.7. The van der Waals surface area contributed by atoms with Gasteiger partial charge in [-0.15, -0.1) is 0 Å². The Bertz CT molecular complexity index is 419. The average molecular weight is 266 g/mol. The van der Waals surface area contributed by atoms with E-state index in [0.29, 0.717) is 5.92 Å². The van der Waals surface area contributed by atoms with Gasteiger partial charge in [-0.1, -0.05) is 26.3 Å². The van der Waals surface area contributed by atoms with Crippen LogP contribution in [-0.2, 0) is 0 Å². The fourth-order valence-electron chi connectivity index (χ4n) is 2.79. The lowest BCUT2D eigenvalue weighted by Crippen LogP contribution is -2.46. The highest BCUT2D eigenvalue weighted by atomic mass is 19.1. The first-order chi connectivity index (χ1) is 9.13. The van der Waals surface area contributed by atoms with Crippen molar-refractivity contribution in [1.82, 2.24) is 10.2 Å². The number of rotatable bonds is 4. The van der Waals surface area contributed by atoms with Gasteiger partial charge in [0.1, 0.15) is 0 Å². The minimum absolute atomic E-state index is 0.224. The first-order valence-corrected chi connectivity index (χ1v) is 7.06. The zero-order chi connectivity index (χ0) is 13.8. The summed E-state index contributed by atoms with van der Waals surface area (Å²) in [7, 11) is 0. The molecule has 0 amide bonds. The fraction of sp³-hybridized carbons (Fsp3) is 0.600. The fourth-order valence-corrected chi connectivity index (χ4v) is 2.79. The second-order valence-corrected chi connectivity index (χ2v) is 5.33. The molecule has 1 unspecified atom stereocenters. The summed E-state index contributed by atoms with van der Waals surface area (Å²) in [4.78, 5) is 2.41. The maximum absolute atomic E-state index is 13.6. The molecular formula is C15H23FN2O. The Morgan fingerprint density at radius 3 is 2.63 bits per heavy atom. The number of phenolic OH excluding ortho intramolecular Hbond substituents is 1. The van der Waals surface area contributed by atoms with E-state index in [2.05, 4.69) is 24.1 Å². The van der Waals surface area contributed by atoms with E-state index in [-0.39, 0.29) is 11.8 Å². The molecule has 0 bridgehead atoms. The van der Waals surface area contributed by atoms with Crippen LogP contribution in [0.25, 0.3) is 0 Å². The maximum Gasteiger partial charge on any atom is 0.165 e. The number of benzene rings is 1. The molecule has 2 atom stereocenters. The molecule has 19 heavy (non-hydrogen) atoms. The van der Waals surface area contributed by atoms with Crippen molar-refractivity contribution in [3.63, 3.8) is 0 Å². The van der Waals surface area contributed by atoms with Crippen LogP contribution in [0.4, 0.5) is 4.39 Å². The third kappa shape index (κ3) is 3.25. The summed E-state index contributed by atoms with van der Waals surface area (Å²) in [5.74, 6) is -0.338. The van der Waals surface area contributed by atoms with E-state index in [1.807, 2.05) is 6.07 Å². The highest BCUT2D eigenvalue weighted by molar-refractivity contribution is 5.30. The molecule has 106 valence electrons. The molecule has 1 aliphatic rings. The predicted molar refractivity (Wildman–Crippen MR) is 74.7 cm³/mol. The number of aromatic hydroxyl groups is 1. The molecule has 0 radical (unpaired) electrons. The lowest BCUT2D eigenvalue weighted by atomic mass is 9.90. The van der Waals surface area contributed by atoms with Crippen LogP contribution in [0.5, 0.6) is 5.75 Å². The molecule has 1 aliphatic heterocycles. The van der Waals surface area contributed by atoms with Crippen molar-refractivity contribution in [2.75, 3.05) is 26.2 Å². The second-order valence-electron chi connectivity index (χ2n) is 5.33. The van der Waals surface area contributed by atoms with Crippen molar-refractivity contribution < 1.29 is 9.50 Å². The molecule has 0 saturated carbocycles. The van der Waals surface area contributed by atoms with Crippen molar-refractivity contribution in [2.24, 2.45) is 5.92 Å². The smallest absolute Gasteiger partial charge is 0.165 e. The molecule has 1 fully saturated rings. The average Bonchev–Trinajstić information content (AvgIpc) is 2.44. The zero-order valence-corrected chi connectivity index (χ0v) is 11.7. The number of nitrogens with zero attached hydrogens (tertiary/aromatic N) is 1. The van der Waals surface area contributed by atoms with Crippen LogP contribution in [0.1, 0.15) is 31.9 Å². The molecule has 1 aromatic rings. The minimum atomic E-state index is -0.527. The van der Waals surface area contributed by atoms with Crippen LogP contribution in [0, 0.1) is 11.7 Å². The number of halogens is 1. The summed E-state index contributed by atoms with van der Waals surface area (Å²) in [5, 5.41) is 12.7. The van der Waals surface area contributed by atoms with Crippen molar-refractivity contribution >= 4 is 0 Å². The summed E-state index contributed by atoms with van der Waals surface area (Å²) < 4.78 is 13.6. The van der Waals surface area contributed by atoms with Crippen molar-refractivity contribution in [1.29, 1.82) is 0 Å². The highest BCUT2D eigenvalue weighted by Crippen LogP contribution is 2.32. The topological polar surface area (TPSA) is 35.5 Å². The molecular weight excluding hydrogens is 243 g/mol. The number of piperazine rings is 1. The molecule has 0 aliphatic carbocycles. The number of hydrogen-bond donors (Lipinski definition) is 2. The van der Waals surface area contributed by atoms with Gasteiger partial charge in [-0.05, 0) is 23.6 Å². The standard InChI is InChI=1S/C15H23FN2O/c1-3-11(2)15(18-8-6-17-7-9-18)12-4-5-14(19)13(16)10-12/h4-5,10-11,15,17,19H,3,6-9H2,1-2H3/t11?,15-/m0/s1. The van der Waals surface area contributed by atoms with Crippen molar-refractivity contribution in [3.8, 4) is 5.75 Å². The third-order valence-electron chi connectivity index (χ3n) is 4.04. The van der Waals surface area contributed by atoms with Gasteiger partial charge in [0.15, 0.2) is 11.6 Å². The van der Waals surface area contributed by atoms with Crippen LogP contribution < -0.4 is 5.32 Å². The predicted octanol–water partition coefficient (Wildman–Crippen LogP) is 2.52. The van der Waals surface area contributed by atoms with Gasteiger partial charge in [-0.25, -0.2) is 4.39 Å². The number of hydrogen-bond acceptors (Lipinski definition) is 3. The molecule has 0 spiro atoms. The van der Waals surface area contributed by atoms with Crippen molar-refractivity contribution in [3.05, 3.63) is 29.6 Å². The van der Waals surface area contributed by atoms with Crippen LogP contribution in [0.15, 0.2) is 18.2 Å². The summed E-state index contributed by atoms with van der Waals surface area (Å²) in [6, 6.07) is 5.01. The van der Waals surface area contributed by atoms with E-state index in [1.165, 1.54) is 12.1 Å². The number of phenols is 1. The molecule has 2 N–H and O–H groups in total. The van der Waals surface area contributed by atoms with E-state index in [9.17, 15) is 9.50 Å². The van der Waals surface area contributed by atoms with Crippen molar-refractivity contribution in [2.45, 2.75) is 26.3 Å². The Kier molecular flexibility index (Phi) is 4.77. The molecule has 4 heteroatoms. The van der Waals surface area contributed by atoms with Crippen LogP contribution >= 0.6 is 0 Å². The Labute approximate surface area is 114 Å². The summed E-state index contributed by atoms with van der Waals surface area (Å²) in [5.41, 5.74) is 0.964. The molecule has 1 heterocycles. The Hall–Kier alpha value is -1.13. The minimum Gasteiger partial charge on any atom is -0.505 e. The quantitative estimate of drug-likeness (QED) is 0.879. The Morgan fingerprint density at radius 2 is 2.05 bits per heavy atom. The first kappa shape index (κ1) is 14.3. The van der Waals surface area contributed by atoms with E-state index >= 15 is 0 Å². The number of nitrogens with one attached hydrogen (secondary N) is 1. The highest BCUT2D eigenvalue weighted by Gasteiger charge is 2.26. The van der Waals surface area contributed by atoms with Crippen LogP contribution in [-0.4, -0.2) is 36.2 Å². The molecule has 1 aromatic carbocycles. The normalized spacial score (nSPS) is 20.2. The molecule has 3 nitrogen and oxygen atoms in total. The van der Waals surface area contributed by atoms with Gasteiger partial charge in [0.05, 0.1) is 0 Å². The monoisotopic (exact) mass is 266 g/mol. The molecule has 2 rings (SSSR count). The second kappa shape index (κ2) is 6.35. The summed E-state index contributed by atoms with van der Waals surface area (Å²) >= 11 is 0. The van der Waals surface area contributed by atoms with E-state index < -0.39 is 5.82 Å². The van der Waals surface area contributed by atoms with Crippen LogP contribution in [0.3, 0.4) is 0 Å². The van der Waals surface area contributed by atoms with Crippen LogP contribution in [0.2, 0.25) is 0 Å². The van der Waals surface area contributed by atoms with Gasteiger partial charge in [-0.2, -0.15) is 0 Å². The van der Waals surface area contributed by atoms with Gasteiger partial charge in [0.2, 0.25) is 0 Å². The Balaban J connectivity index is 2.27. The first-order valence-electron chi connectivity index (χ1n) is 7.06. The molecule has 0 aromatic heterocycles. The van der Waals surface area contributed by atoms with Gasteiger partial charge in [-0.3, -0.25) is 4.90 Å². The lowest BCUT2D eigenvalue weighted by molar-refractivity contribution is 0.128. The Morgan fingerprint density at radius 1 is 1.37 bits per heavy atom. The van der Waals surface area contributed by atoms with E-state index in [1.54, 1.807) is 0 Å². The van der Waals surface area contributed by atoms with E-state index in [4.69, 9.17) is 0 Å². The summed E-state index contributed by atoms with van der Waals surface area (Å²) in [6.45, 7) is 8.30. The van der Waals surface area contributed by atoms with Gasteiger partial charge in [0, 0.05) is 32.2 Å². The van der Waals surface area contributed by atoms with Gasteiger partial charge in [0.25, 0.3) is 0 Å². The SMILES string of the molecule is CCC(C)[C@@H](c1ccc(O)c(F)c1)N1CCNCC1.